The molecule has 0 aliphatic carbocycles. The molecule has 1 atom stereocenters. The van der Waals surface area contributed by atoms with Gasteiger partial charge in [-0.05, 0) is 48.4 Å². The Balaban J connectivity index is 1.65. The highest BCUT2D eigenvalue weighted by molar-refractivity contribution is 7.89. The van der Waals surface area contributed by atoms with E-state index in [0.717, 1.165) is 5.56 Å². The van der Waals surface area contributed by atoms with E-state index in [1.807, 2.05) is 55.5 Å². The molecule has 0 spiro atoms. The zero-order valence-electron chi connectivity index (χ0n) is 17.6. The summed E-state index contributed by atoms with van der Waals surface area (Å²) in [5.74, 6) is 0.329. The molecule has 31 heavy (non-hydrogen) atoms. The molecule has 6 nitrogen and oxygen atoms in total. The molecule has 0 aliphatic heterocycles. The summed E-state index contributed by atoms with van der Waals surface area (Å²) in [6.07, 6.45) is -0.153. The monoisotopic (exact) mass is 438 g/mol. The lowest BCUT2D eigenvalue weighted by Gasteiger charge is -2.19. The van der Waals surface area contributed by atoms with Crippen LogP contribution in [0.5, 0.6) is 5.75 Å². The molecule has 0 saturated carbocycles. The van der Waals surface area contributed by atoms with Gasteiger partial charge in [-0.2, -0.15) is 4.31 Å². The molecular weight excluding hydrogens is 412 g/mol. The second-order valence-corrected chi connectivity index (χ2v) is 9.13. The Kier molecular flexibility index (Phi) is 7.44. The van der Waals surface area contributed by atoms with Gasteiger partial charge in [-0.25, -0.2) is 8.42 Å². The van der Waals surface area contributed by atoms with E-state index in [0.29, 0.717) is 17.9 Å². The van der Waals surface area contributed by atoms with Crippen LogP contribution in [0.15, 0.2) is 89.8 Å². The van der Waals surface area contributed by atoms with E-state index in [1.54, 1.807) is 31.3 Å². The average molecular weight is 439 g/mol. The van der Waals surface area contributed by atoms with E-state index in [-0.39, 0.29) is 17.3 Å². The summed E-state index contributed by atoms with van der Waals surface area (Å²) in [4.78, 5) is 12.7. The first kappa shape index (κ1) is 22.5. The van der Waals surface area contributed by atoms with Crippen LogP contribution >= 0.6 is 0 Å². The fourth-order valence-electron chi connectivity index (χ4n) is 3.02. The van der Waals surface area contributed by atoms with E-state index in [9.17, 15) is 13.2 Å². The van der Waals surface area contributed by atoms with Crippen molar-refractivity contribution in [3.05, 3.63) is 90.5 Å². The summed E-state index contributed by atoms with van der Waals surface area (Å²) in [7, 11) is -2.10. The van der Waals surface area contributed by atoms with Gasteiger partial charge < -0.3 is 10.1 Å². The molecule has 3 rings (SSSR count). The van der Waals surface area contributed by atoms with E-state index < -0.39 is 16.1 Å². The summed E-state index contributed by atoms with van der Waals surface area (Å²) >= 11 is 0. The minimum absolute atomic E-state index is 0.163. The molecule has 0 heterocycles. The number of para-hydroxylation sites is 1. The van der Waals surface area contributed by atoms with E-state index in [4.69, 9.17) is 4.74 Å². The fourth-order valence-corrected chi connectivity index (χ4v) is 4.18. The lowest BCUT2D eigenvalue weighted by Crippen LogP contribution is -2.32. The topological polar surface area (TPSA) is 75.7 Å². The molecule has 0 aromatic heterocycles. The molecule has 3 aromatic carbocycles. The number of hydrogen-bond acceptors (Lipinski definition) is 4. The summed E-state index contributed by atoms with van der Waals surface area (Å²) in [5, 5.41) is 2.79. The highest BCUT2D eigenvalue weighted by Gasteiger charge is 2.22. The summed E-state index contributed by atoms with van der Waals surface area (Å²) in [5.41, 5.74) is 1.41. The number of rotatable bonds is 9. The zero-order valence-corrected chi connectivity index (χ0v) is 18.4. The van der Waals surface area contributed by atoms with Crippen LogP contribution in [0.25, 0.3) is 0 Å². The molecule has 0 radical (unpaired) electrons. The zero-order chi connectivity index (χ0) is 22.3. The van der Waals surface area contributed by atoms with Crippen molar-refractivity contribution in [1.29, 1.82) is 0 Å². The van der Waals surface area contributed by atoms with Gasteiger partial charge in [-0.1, -0.05) is 55.5 Å². The van der Waals surface area contributed by atoms with Gasteiger partial charge in [0.2, 0.25) is 10.0 Å². The van der Waals surface area contributed by atoms with Crippen LogP contribution in [-0.2, 0) is 21.4 Å². The number of carbonyl (C=O) groups is 1. The smallest absolute Gasteiger partial charge is 0.265 e. The van der Waals surface area contributed by atoms with Crippen molar-refractivity contribution in [2.24, 2.45) is 0 Å². The van der Waals surface area contributed by atoms with Gasteiger partial charge in [0, 0.05) is 19.3 Å². The first-order chi connectivity index (χ1) is 14.9. The molecule has 0 bridgehead atoms. The number of sulfonamides is 1. The van der Waals surface area contributed by atoms with Crippen molar-refractivity contribution >= 4 is 21.6 Å². The molecule has 162 valence electrons. The van der Waals surface area contributed by atoms with Gasteiger partial charge in [0.15, 0.2) is 6.10 Å². The van der Waals surface area contributed by atoms with E-state index >= 15 is 0 Å². The number of nitrogens with zero attached hydrogens (tertiary/aromatic N) is 1. The second-order valence-electron chi connectivity index (χ2n) is 7.09. The largest absolute Gasteiger partial charge is 0.481 e. The number of carbonyl (C=O) groups excluding carboxylic acids is 1. The molecule has 1 amide bonds. The SMILES string of the molecule is CCC(Oc1ccccc1)C(=O)Nc1ccc(S(=O)(=O)N(C)Cc2ccccc2)cc1. The van der Waals surface area contributed by atoms with Crippen LogP contribution in [0.4, 0.5) is 5.69 Å². The number of nitrogens with one attached hydrogen (secondary N) is 1. The predicted octanol–water partition coefficient (Wildman–Crippen LogP) is 4.30. The second kappa shape index (κ2) is 10.2. The number of ether oxygens (including phenoxy) is 1. The van der Waals surface area contributed by atoms with Crippen molar-refractivity contribution in [2.75, 3.05) is 12.4 Å². The van der Waals surface area contributed by atoms with Crippen molar-refractivity contribution in [2.45, 2.75) is 30.9 Å². The van der Waals surface area contributed by atoms with E-state index in [1.165, 1.54) is 16.4 Å². The third-order valence-corrected chi connectivity index (χ3v) is 6.58. The Morgan fingerprint density at radius 3 is 2.10 bits per heavy atom. The van der Waals surface area contributed by atoms with Gasteiger partial charge in [0.25, 0.3) is 5.91 Å². The highest BCUT2D eigenvalue weighted by Crippen LogP contribution is 2.20. The molecule has 7 heteroatoms. The maximum absolute atomic E-state index is 12.8. The normalized spacial score (nSPS) is 12.4. The Morgan fingerprint density at radius 2 is 1.52 bits per heavy atom. The van der Waals surface area contributed by atoms with Gasteiger partial charge >= 0.3 is 0 Å². The number of hydrogen-bond donors (Lipinski definition) is 1. The summed E-state index contributed by atoms with van der Waals surface area (Å²) < 4.78 is 32.7. The van der Waals surface area contributed by atoms with Crippen LogP contribution in [0.2, 0.25) is 0 Å². The van der Waals surface area contributed by atoms with Crippen molar-refractivity contribution in [3.63, 3.8) is 0 Å². The van der Waals surface area contributed by atoms with Gasteiger partial charge in [-0.15, -0.1) is 0 Å². The maximum atomic E-state index is 12.8. The van der Waals surface area contributed by atoms with Crippen LogP contribution in [0.3, 0.4) is 0 Å². The van der Waals surface area contributed by atoms with Gasteiger partial charge in [-0.3, -0.25) is 4.79 Å². The molecular formula is C24H26N2O4S. The van der Waals surface area contributed by atoms with Crippen LogP contribution in [-0.4, -0.2) is 31.8 Å². The molecule has 0 fully saturated rings. The third-order valence-electron chi connectivity index (χ3n) is 4.76. The standard InChI is InChI=1S/C24H26N2O4S/c1-3-23(30-21-12-8-5-9-13-21)24(27)25-20-14-16-22(17-15-20)31(28,29)26(2)18-19-10-6-4-7-11-19/h4-17,23H,3,18H2,1-2H3,(H,25,27). The maximum Gasteiger partial charge on any atom is 0.265 e. The van der Waals surface area contributed by atoms with Crippen molar-refractivity contribution in [3.8, 4) is 5.75 Å². The molecule has 1 unspecified atom stereocenters. The van der Waals surface area contributed by atoms with Crippen LogP contribution in [0.1, 0.15) is 18.9 Å². The quantitative estimate of drug-likeness (QED) is 0.540. The molecule has 0 saturated heterocycles. The van der Waals surface area contributed by atoms with Crippen LogP contribution < -0.4 is 10.1 Å². The minimum Gasteiger partial charge on any atom is -0.481 e. The summed E-state index contributed by atoms with van der Waals surface area (Å²) in [6.45, 7) is 2.14. The first-order valence-corrected chi connectivity index (χ1v) is 11.5. The Labute approximate surface area is 183 Å². The number of benzene rings is 3. The minimum atomic E-state index is -3.65. The first-order valence-electron chi connectivity index (χ1n) is 10.0. The lowest BCUT2D eigenvalue weighted by atomic mass is 10.2. The third kappa shape index (κ3) is 5.93. The fraction of sp³-hybridized carbons (Fsp3) is 0.208. The lowest BCUT2D eigenvalue weighted by molar-refractivity contribution is -0.122. The highest BCUT2D eigenvalue weighted by atomic mass is 32.2. The summed E-state index contributed by atoms with van der Waals surface area (Å²) in [6, 6.07) is 24.7. The van der Waals surface area contributed by atoms with Gasteiger partial charge in [0.05, 0.1) is 4.90 Å². The Morgan fingerprint density at radius 1 is 0.935 bits per heavy atom. The van der Waals surface area contributed by atoms with Crippen LogP contribution in [0, 0.1) is 0 Å². The Hall–Kier alpha value is -3.16. The predicted molar refractivity (Wildman–Crippen MR) is 121 cm³/mol. The van der Waals surface area contributed by atoms with Crippen molar-refractivity contribution < 1.29 is 17.9 Å². The number of anilines is 1. The van der Waals surface area contributed by atoms with Gasteiger partial charge in [0.1, 0.15) is 5.75 Å². The molecule has 3 aromatic rings. The van der Waals surface area contributed by atoms with Crippen molar-refractivity contribution in [1.82, 2.24) is 4.31 Å². The van der Waals surface area contributed by atoms with E-state index in [2.05, 4.69) is 5.32 Å². The Bertz CT molecular complexity index is 1090. The molecule has 1 N–H and O–H groups in total. The average Bonchev–Trinajstić information content (AvgIpc) is 2.79. The number of amides is 1. The molecule has 0 aliphatic rings.